The minimum atomic E-state index is -0.000505. The van der Waals surface area contributed by atoms with Crippen molar-refractivity contribution in [2.75, 3.05) is 11.9 Å². The maximum absolute atomic E-state index is 12.4. The SMILES string of the molecule is CC(C)Oc1c(Cl)cccc1NC(=O)[C@H]1CCN[C@@H](C)C1.Cl. The third-order valence-electron chi connectivity index (χ3n) is 3.57. The van der Waals surface area contributed by atoms with E-state index in [2.05, 4.69) is 17.6 Å². The maximum Gasteiger partial charge on any atom is 0.227 e. The van der Waals surface area contributed by atoms with E-state index in [-0.39, 0.29) is 30.3 Å². The van der Waals surface area contributed by atoms with Gasteiger partial charge in [0, 0.05) is 12.0 Å². The molecule has 1 aliphatic heterocycles. The van der Waals surface area contributed by atoms with Crippen LogP contribution in [-0.4, -0.2) is 24.6 Å². The second-order valence-corrected chi connectivity index (χ2v) is 6.26. The van der Waals surface area contributed by atoms with Crippen LogP contribution in [0.25, 0.3) is 0 Å². The molecule has 0 saturated carbocycles. The number of halogens is 2. The molecule has 6 heteroatoms. The van der Waals surface area contributed by atoms with Gasteiger partial charge in [-0.25, -0.2) is 0 Å². The monoisotopic (exact) mass is 346 g/mol. The van der Waals surface area contributed by atoms with E-state index in [1.54, 1.807) is 6.07 Å². The number of amides is 1. The van der Waals surface area contributed by atoms with E-state index in [1.807, 2.05) is 26.0 Å². The van der Waals surface area contributed by atoms with E-state index in [1.165, 1.54) is 0 Å². The number of ether oxygens (including phenoxy) is 1. The van der Waals surface area contributed by atoms with Gasteiger partial charge in [0.05, 0.1) is 16.8 Å². The van der Waals surface area contributed by atoms with E-state index in [0.717, 1.165) is 19.4 Å². The van der Waals surface area contributed by atoms with Crippen LogP contribution >= 0.6 is 24.0 Å². The molecule has 4 nitrogen and oxygen atoms in total. The Balaban J connectivity index is 0.00000242. The third-order valence-corrected chi connectivity index (χ3v) is 3.87. The molecule has 0 unspecified atom stereocenters. The summed E-state index contributed by atoms with van der Waals surface area (Å²) in [5, 5.41) is 6.84. The molecule has 1 saturated heterocycles. The van der Waals surface area contributed by atoms with Crippen molar-refractivity contribution in [1.29, 1.82) is 0 Å². The summed E-state index contributed by atoms with van der Waals surface area (Å²) in [5.74, 6) is 0.621. The highest BCUT2D eigenvalue weighted by Crippen LogP contribution is 2.34. The van der Waals surface area contributed by atoms with Crippen molar-refractivity contribution in [1.82, 2.24) is 5.32 Å². The molecule has 1 fully saturated rings. The van der Waals surface area contributed by atoms with Crippen molar-refractivity contribution in [2.24, 2.45) is 5.92 Å². The highest BCUT2D eigenvalue weighted by molar-refractivity contribution is 6.32. The number of piperidine rings is 1. The molecule has 0 bridgehead atoms. The molecule has 0 aromatic heterocycles. The zero-order valence-electron chi connectivity index (χ0n) is 13.2. The number of rotatable bonds is 4. The molecule has 22 heavy (non-hydrogen) atoms. The lowest BCUT2D eigenvalue weighted by atomic mass is 9.92. The summed E-state index contributed by atoms with van der Waals surface area (Å²) in [6.07, 6.45) is 1.71. The van der Waals surface area contributed by atoms with Crippen molar-refractivity contribution < 1.29 is 9.53 Å². The molecule has 1 amide bonds. The zero-order chi connectivity index (χ0) is 15.4. The van der Waals surface area contributed by atoms with Gasteiger partial charge < -0.3 is 15.4 Å². The Morgan fingerprint density at radius 3 is 2.82 bits per heavy atom. The van der Waals surface area contributed by atoms with Crippen molar-refractivity contribution in [2.45, 2.75) is 45.8 Å². The fourth-order valence-corrected chi connectivity index (χ4v) is 2.79. The molecule has 124 valence electrons. The highest BCUT2D eigenvalue weighted by Gasteiger charge is 2.25. The summed E-state index contributed by atoms with van der Waals surface area (Å²) in [5.41, 5.74) is 0.646. The third kappa shape index (κ3) is 5.04. The van der Waals surface area contributed by atoms with Crippen molar-refractivity contribution >= 4 is 35.6 Å². The first-order valence-corrected chi connectivity index (χ1v) is 7.84. The van der Waals surface area contributed by atoms with Gasteiger partial charge >= 0.3 is 0 Å². The predicted molar refractivity (Wildman–Crippen MR) is 93.3 cm³/mol. The van der Waals surface area contributed by atoms with Crippen LogP contribution in [0.15, 0.2) is 18.2 Å². The summed E-state index contributed by atoms with van der Waals surface area (Å²) in [6.45, 7) is 6.85. The van der Waals surface area contributed by atoms with Gasteiger partial charge in [0.15, 0.2) is 5.75 Å². The minimum absolute atomic E-state index is 0. The molecular weight excluding hydrogens is 323 g/mol. The molecular formula is C16H24Cl2N2O2. The number of para-hydroxylation sites is 1. The lowest BCUT2D eigenvalue weighted by Crippen LogP contribution is -2.40. The quantitative estimate of drug-likeness (QED) is 0.869. The van der Waals surface area contributed by atoms with Gasteiger partial charge in [-0.3, -0.25) is 4.79 Å². The van der Waals surface area contributed by atoms with Gasteiger partial charge in [-0.05, 0) is 52.3 Å². The highest BCUT2D eigenvalue weighted by atomic mass is 35.5. The average Bonchev–Trinajstić information content (AvgIpc) is 2.42. The van der Waals surface area contributed by atoms with E-state index in [9.17, 15) is 4.79 Å². The lowest BCUT2D eigenvalue weighted by Gasteiger charge is -2.27. The number of carbonyl (C=O) groups excluding carboxylic acids is 1. The van der Waals surface area contributed by atoms with Crippen molar-refractivity contribution in [3.8, 4) is 5.75 Å². The van der Waals surface area contributed by atoms with E-state index < -0.39 is 0 Å². The second-order valence-electron chi connectivity index (χ2n) is 5.85. The number of anilines is 1. The van der Waals surface area contributed by atoms with Crippen LogP contribution in [0.2, 0.25) is 5.02 Å². The van der Waals surface area contributed by atoms with Gasteiger partial charge in [-0.15, -0.1) is 12.4 Å². The molecule has 0 radical (unpaired) electrons. The predicted octanol–water partition coefficient (Wildman–Crippen LogP) is 3.88. The van der Waals surface area contributed by atoms with Gasteiger partial charge in [0.1, 0.15) is 0 Å². The summed E-state index contributed by atoms with van der Waals surface area (Å²) < 4.78 is 5.73. The van der Waals surface area contributed by atoms with E-state index in [4.69, 9.17) is 16.3 Å². The standard InChI is InChI=1S/C16H23ClN2O2.ClH/c1-10(2)21-15-13(17)5-4-6-14(15)19-16(20)12-7-8-18-11(3)9-12;/h4-6,10-12,18H,7-9H2,1-3H3,(H,19,20);1H/t11-,12-;/m0./s1. The second kappa shape index (κ2) is 8.61. The van der Waals surface area contributed by atoms with Crippen LogP contribution < -0.4 is 15.4 Å². The first kappa shape index (κ1) is 19.1. The summed E-state index contributed by atoms with van der Waals surface area (Å²) >= 11 is 6.18. The maximum atomic E-state index is 12.4. The smallest absolute Gasteiger partial charge is 0.227 e. The number of hydrogen-bond acceptors (Lipinski definition) is 3. The Hall–Kier alpha value is -0.970. The Morgan fingerprint density at radius 1 is 1.45 bits per heavy atom. The molecule has 1 aromatic rings. The molecule has 1 aliphatic rings. The molecule has 1 aromatic carbocycles. The molecule has 0 aliphatic carbocycles. The molecule has 1 heterocycles. The first-order chi connectivity index (χ1) is 9.97. The zero-order valence-corrected chi connectivity index (χ0v) is 14.8. The Bertz CT molecular complexity index is 509. The Kier molecular flexibility index (Phi) is 7.46. The van der Waals surface area contributed by atoms with E-state index in [0.29, 0.717) is 22.5 Å². The molecule has 2 atom stereocenters. The van der Waals surface area contributed by atoms with Crippen LogP contribution in [0.4, 0.5) is 5.69 Å². The minimum Gasteiger partial charge on any atom is -0.487 e. The molecule has 0 spiro atoms. The van der Waals surface area contributed by atoms with Crippen LogP contribution in [0, 0.1) is 5.92 Å². The normalized spacial score (nSPS) is 21.1. The fourth-order valence-electron chi connectivity index (χ4n) is 2.57. The Labute approximate surface area is 143 Å². The number of benzene rings is 1. The van der Waals surface area contributed by atoms with Crippen LogP contribution in [0.3, 0.4) is 0 Å². The van der Waals surface area contributed by atoms with Crippen LogP contribution in [-0.2, 0) is 4.79 Å². The first-order valence-electron chi connectivity index (χ1n) is 7.46. The van der Waals surface area contributed by atoms with E-state index >= 15 is 0 Å². The number of carbonyl (C=O) groups is 1. The van der Waals surface area contributed by atoms with Gasteiger partial charge in [-0.2, -0.15) is 0 Å². The number of nitrogens with one attached hydrogen (secondary N) is 2. The van der Waals surface area contributed by atoms with Crippen molar-refractivity contribution in [3.63, 3.8) is 0 Å². The summed E-state index contributed by atoms with van der Waals surface area (Å²) in [6, 6.07) is 5.78. The summed E-state index contributed by atoms with van der Waals surface area (Å²) in [4.78, 5) is 12.4. The molecule has 2 N–H and O–H groups in total. The summed E-state index contributed by atoms with van der Waals surface area (Å²) in [7, 11) is 0. The largest absolute Gasteiger partial charge is 0.487 e. The lowest BCUT2D eigenvalue weighted by molar-refractivity contribution is -0.120. The van der Waals surface area contributed by atoms with Gasteiger partial charge in [-0.1, -0.05) is 17.7 Å². The number of hydrogen-bond donors (Lipinski definition) is 2. The van der Waals surface area contributed by atoms with Gasteiger partial charge in [0.25, 0.3) is 0 Å². The van der Waals surface area contributed by atoms with Crippen molar-refractivity contribution in [3.05, 3.63) is 23.2 Å². The van der Waals surface area contributed by atoms with Crippen LogP contribution in [0.5, 0.6) is 5.75 Å². The van der Waals surface area contributed by atoms with Crippen LogP contribution in [0.1, 0.15) is 33.6 Å². The molecule has 2 rings (SSSR count). The fraction of sp³-hybridized carbons (Fsp3) is 0.562. The Morgan fingerprint density at radius 2 is 2.18 bits per heavy atom. The topological polar surface area (TPSA) is 50.4 Å². The average molecular weight is 347 g/mol. The van der Waals surface area contributed by atoms with Gasteiger partial charge in [0.2, 0.25) is 5.91 Å².